The predicted octanol–water partition coefficient (Wildman–Crippen LogP) is 4.25. The van der Waals surface area contributed by atoms with Gasteiger partial charge in [0.2, 0.25) is 5.91 Å². The largest absolute Gasteiger partial charge is 0.376 e. The maximum atomic E-state index is 11.9. The molecule has 22 heavy (non-hydrogen) atoms. The number of amides is 1. The molecule has 0 spiro atoms. The molecule has 0 unspecified atom stereocenters. The molecule has 0 heterocycles. The molecule has 0 bridgehead atoms. The Morgan fingerprint density at radius 3 is 2.32 bits per heavy atom. The van der Waals surface area contributed by atoms with Gasteiger partial charge in [0, 0.05) is 16.3 Å². The zero-order valence-electron chi connectivity index (χ0n) is 11.8. The van der Waals surface area contributed by atoms with E-state index in [1.807, 2.05) is 0 Å². The number of rotatable bonds is 5. The fraction of sp³-hybridized carbons (Fsp3) is 0.125. The summed E-state index contributed by atoms with van der Waals surface area (Å²) in [7, 11) is 0. The van der Waals surface area contributed by atoms with Crippen LogP contribution in [0.5, 0.6) is 0 Å². The molecule has 0 aliphatic heterocycles. The zero-order valence-corrected chi connectivity index (χ0v) is 13.3. The summed E-state index contributed by atoms with van der Waals surface area (Å²) in [6.45, 7) is 1.59. The van der Waals surface area contributed by atoms with E-state index in [1.54, 1.807) is 42.5 Å². The highest BCUT2D eigenvalue weighted by atomic mass is 35.5. The normalized spacial score (nSPS) is 10.1. The SMILES string of the molecule is CC(=O)c1ccc(NCC(=O)Nc2ccc(Cl)cc2Cl)cc1. The number of ketones is 1. The second-order valence-electron chi connectivity index (χ2n) is 4.66. The first-order chi connectivity index (χ1) is 10.5. The third kappa shape index (κ3) is 4.48. The number of carbonyl (C=O) groups is 2. The fourth-order valence-electron chi connectivity index (χ4n) is 1.79. The smallest absolute Gasteiger partial charge is 0.243 e. The van der Waals surface area contributed by atoms with E-state index in [-0.39, 0.29) is 18.2 Å². The summed E-state index contributed by atoms with van der Waals surface area (Å²) in [5.41, 5.74) is 1.88. The number of anilines is 2. The molecule has 2 aromatic carbocycles. The van der Waals surface area contributed by atoms with E-state index in [4.69, 9.17) is 23.2 Å². The van der Waals surface area contributed by atoms with Crippen molar-refractivity contribution in [2.75, 3.05) is 17.2 Å². The van der Waals surface area contributed by atoms with Gasteiger partial charge in [-0.25, -0.2) is 0 Å². The molecule has 0 radical (unpaired) electrons. The summed E-state index contributed by atoms with van der Waals surface area (Å²) >= 11 is 11.8. The van der Waals surface area contributed by atoms with Crippen molar-refractivity contribution >= 4 is 46.3 Å². The van der Waals surface area contributed by atoms with Crippen molar-refractivity contribution in [2.24, 2.45) is 0 Å². The Bertz CT molecular complexity index is 700. The maximum absolute atomic E-state index is 11.9. The van der Waals surface area contributed by atoms with Crippen LogP contribution in [0.2, 0.25) is 10.0 Å². The lowest BCUT2D eigenvalue weighted by Gasteiger charge is -2.09. The average Bonchev–Trinajstić information content (AvgIpc) is 2.48. The first kappa shape index (κ1) is 16.3. The Hall–Kier alpha value is -2.04. The van der Waals surface area contributed by atoms with Gasteiger partial charge < -0.3 is 10.6 Å². The third-order valence-corrected chi connectivity index (χ3v) is 3.50. The minimum Gasteiger partial charge on any atom is -0.376 e. The summed E-state index contributed by atoms with van der Waals surface area (Å²) in [5.74, 6) is -0.235. The van der Waals surface area contributed by atoms with Crippen LogP contribution in [0.15, 0.2) is 42.5 Å². The van der Waals surface area contributed by atoms with Crippen molar-refractivity contribution in [3.05, 3.63) is 58.1 Å². The van der Waals surface area contributed by atoms with Crippen LogP contribution in [0.1, 0.15) is 17.3 Å². The number of halogens is 2. The zero-order chi connectivity index (χ0) is 16.1. The molecule has 0 aromatic heterocycles. The molecular weight excluding hydrogens is 323 g/mol. The van der Waals surface area contributed by atoms with Crippen molar-refractivity contribution in [1.29, 1.82) is 0 Å². The molecule has 0 atom stereocenters. The molecule has 1 amide bonds. The van der Waals surface area contributed by atoms with Gasteiger partial charge in [-0.15, -0.1) is 0 Å². The second kappa shape index (κ2) is 7.29. The van der Waals surface area contributed by atoms with Gasteiger partial charge in [0.25, 0.3) is 0 Å². The van der Waals surface area contributed by atoms with Gasteiger partial charge in [0.05, 0.1) is 17.3 Å². The molecule has 0 fully saturated rings. The van der Waals surface area contributed by atoms with E-state index in [9.17, 15) is 9.59 Å². The first-order valence-corrected chi connectivity index (χ1v) is 7.31. The highest BCUT2D eigenvalue weighted by molar-refractivity contribution is 6.36. The van der Waals surface area contributed by atoms with E-state index in [0.29, 0.717) is 21.3 Å². The van der Waals surface area contributed by atoms with E-state index >= 15 is 0 Å². The van der Waals surface area contributed by atoms with Crippen LogP contribution in [-0.4, -0.2) is 18.2 Å². The third-order valence-electron chi connectivity index (χ3n) is 2.95. The highest BCUT2D eigenvalue weighted by Gasteiger charge is 2.06. The Labute approximate surface area is 138 Å². The molecular formula is C16H14Cl2N2O2. The van der Waals surface area contributed by atoms with Gasteiger partial charge in [0.15, 0.2) is 5.78 Å². The lowest BCUT2D eigenvalue weighted by atomic mass is 10.1. The minimum absolute atomic E-state index is 0.00155. The van der Waals surface area contributed by atoms with E-state index < -0.39 is 0 Å². The molecule has 114 valence electrons. The lowest BCUT2D eigenvalue weighted by molar-refractivity contribution is -0.114. The number of hydrogen-bond donors (Lipinski definition) is 2. The molecule has 0 aliphatic carbocycles. The Morgan fingerprint density at radius 2 is 1.73 bits per heavy atom. The van der Waals surface area contributed by atoms with Crippen LogP contribution in [0, 0.1) is 0 Å². The van der Waals surface area contributed by atoms with Gasteiger partial charge in [-0.05, 0) is 49.4 Å². The molecule has 2 rings (SSSR count). The summed E-state index contributed by atoms with van der Waals surface area (Å²) in [4.78, 5) is 23.1. The summed E-state index contributed by atoms with van der Waals surface area (Å²) in [5, 5.41) is 6.55. The Balaban J connectivity index is 1.91. The van der Waals surface area contributed by atoms with Gasteiger partial charge in [-0.1, -0.05) is 23.2 Å². The molecule has 2 N–H and O–H groups in total. The van der Waals surface area contributed by atoms with Crippen LogP contribution in [0.4, 0.5) is 11.4 Å². The van der Waals surface area contributed by atoms with Crippen LogP contribution in [-0.2, 0) is 4.79 Å². The topological polar surface area (TPSA) is 58.2 Å². The van der Waals surface area contributed by atoms with E-state index in [1.165, 1.54) is 6.92 Å². The minimum atomic E-state index is -0.236. The maximum Gasteiger partial charge on any atom is 0.243 e. The monoisotopic (exact) mass is 336 g/mol. The number of carbonyl (C=O) groups excluding carboxylic acids is 2. The predicted molar refractivity (Wildman–Crippen MR) is 90.0 cm³/mol. The van der Waals surface area contributed by atoms with Gasteiger partial charge in [-0.3, -0.25) is 9.59 Å². The van der Waals surface area contributed by atoms with Crippen LogP contribution in [0.25, 0.3) is 0 Å². The number of nitrogens with one attached hydrogen (secondary N) is 2. The molecule has 0 saturated heterocycles. The molecule has 0 aliphatic rings. The standard InChI is InChI=1S/C16H14Cl2N2O2/c1-10(21)11-2-5-13(6-3-11)19-9-16(22)20-15-7-4-12(17)8-14(15)18/h2-8,19H,9H2,1H3,(H,20,22). The first-order valence-electron chi connectivity index (χ1n) is 6.55. The number of benzene rings is 2. The van der Waals surface area contributed by atoms with E-state index in [2.05, 4.69) is 10.6 Å². The summed E-state index contributed by atoms with van der Waals surface area (Å²) in [6, 6.07) is 11.8. The van der Waals surface area contributed by atoms with Crippen molar-refractivity contribution in [3.8, 4) is 0 Å². The summed E-state index contributed by atoms with van der Waals surface area (Å²) in [6.07, 6.45) is 0. The second-order valence-corrected chi connectivity index (χ2v) is 5.50. The van der Waals surface area contributed by atoms with Gasteiger partial charge in [-0.2, -0.15) is 0 Å². The van der Waals surface area contributed by atoms with Crippen molar-refractivity contribution in [3.63, 3.8) is 0 Å². The van der Waals surface area contributed by atoms with Crippen molar-refractivity contribution < 1.29 is 9.59 Å². The quantitative estimate of drug-likeness (QED) is 0.802. The summed E-state index contributed by atoms with van der Waals surface area (Å²) < 4.78 is 0. The number of hydrogen-bond acceptors (Lipinski definition) is 3. The van der Waals surface area contributed by atoms with Crippen LogP contribution < -0.4 is 10.6 Å². The fourth-order valence-corrected chi connectivity index (χ4v) is 2.25. The Kier molecular flexibility index (Phi) is 5.41. The van der Waals surface area contributed by atoms with Crippen molar-refractivity contribution in [1.82, 2.24) is 0 Å². The Morgan fingerprint density at radius 1 is 1.05 bits per heavy atom. The average molecular weight is 337 g/mol. The molecule has 4 nitrogen and oxygen atoms in total. The number of Topliss-reactive ketones (excluding diaryl/α,β-unsaturated/α-hetero) is 1. The van der Waals surface area contributed by atoms with Crippen LogP contribution in [0.3, 0.4) is 0 Å². The lowest BCUT2D eigenvalue weighted by Crippen LogP contribution is -2.21. The highest BCUT2D eigenvalue weighted by Crippen LogP contribution is 2.25. The molecule has 0 saturated carbocycles. The van der Waals surface area contributed by atoms with Crippen LogP contribution >= 0.6 is 23.2 Å². The van der Waals surface area contributed by atoms with E-state index in [0.717, 1.165) is 5.69 Å². The van der Waals surface area contributed by atoms with Gasteiger partial charge >= 0.3 is 0 Å². The molecule has 6 heteroatoms. The van der Waals surface area contributed by atoms with Gasteiger partial charge in [0.1, 0.15) is 0 Å². The van der Waals surface area contributed by atoms with Crippen molar-refractivity contribution in [2.45, 2.75) is 6.92 Å². The molecule has 2 aromatic rings.